The zero-order valence-electron chi connectivity index (χ0n) is 9.49. The van der Waals surface area contributed by atoms with Gasteiger partial charge in [0.05, 0.1) is 11.5 Å². The molecule has 2 unspecified atom stereocenters. The van der Waals surface area contributed by atoms with Crippen molar-refractivity contribution in [3.63, 3.8) is 0 Å². The molecule has 15 heavy (non-hydrogen) atoms. The van der Waals surface area contributed by atoms with Crippen LogP contribution in [0, 0.1) is 11.3 Å². The van der Waals surface area contributed by atoms with Crippen LogP contribution in [-0.4, -0.2) is 35.4 Å². The number of aliphatic hydroxyl groups is 1. The van der Waals surface area contributed by atoms with Crippen LogP contribution >= 0.6 is 0 Å². The summed E-state index contributed by atoms with van der Waals surface area (Å²) in [5.41, 5.74) is -0.711. The van der Waals surface area contributed by atoms with Crippen LogP contribution in [0.1, 0.15) is 33.1 Å². The Hall–Kier alpha value is -0.610. The van der Waals surface area contributed by atoms with Crippen LogP contribution < -0.4 is 5.32 Å². The topological polar surface area (TPSA) is 69.6 Å². The molecule has 0 amide bonds. The minimum absolute atomic E-state index is 0.149. The number of hydrogen-bond donors (Lipinski definition) is 3. The maximum Gasteiger partial charge on any atom is 0.310 e. The van der Waals surface area contributed by atoms with Crippen molar-refractivity contribution in [1.29, 1.82) is 0 Å². The molecule has 0 spiro atoms. The first-order valence-electron chi connectivity index (χ1n) is 5.54. The lowest BCUT2D eigenvalue weighted by Crippen LogP contribution is -2.37. The second kappa shape index (κ2) is 4.94. The molecule has 3 N–H and O–H groups in total. The lowest BCUT2D eigenvalue weighted by molar-refractivity contribution is -0.146. The number of rotatable bonds is 5. The first kappa shape index (κ1) is 12.5. The SMILES string of the molecule is CC(C)(CNCC1CCC(O)C1)C(=O)O. The van der Waals surface area contributed by atoms with Gasteiger partial charge in [-0.25, -0.2) is 0 Å². The Balaban J connectivity index is 2.19. The molecular weight excluding hydrogens is 194 g/mol. The van der Waals surface area contributed by atoms with Gasteiger partial charge < -0.3 is 15.5 Å². The van der Waals surface area contributed by atoms with E-state index in [0.29, 0.717) is 12.5 Å². The third-order valence-corrected chi connectivity index (χ3v) is 3.09. The number of aliphatic hydroxyl groups excluding tert-OH is 1. The molecule has 0 bridgehead atoms. The van der Waals surface area contributed by atoms with Crippen molar-refractivity contribution in [2.45, 2.75) is 39.2 Å². The maximum absolute atomic E-state index is 10.8. The maximum atomic E-state index is 10.8. The van der Waals surface area contributed by atoms with Gasteiger partial charge in [-0.05, 0) is 45.6 Å². The fourth-order valence-electron chi connectivity index (χ4n) is 1.90. The van der Waals surface area contributed by atoms with E-state index < -0.39 is 11.4 Å². The van der Waals surface area contributed by atoms with E-state index in [9.17, 15) is 9.90 Å². The van der Waals surface area contributed by atoms with Gasteiger partial charge in [-0.3, -0.25) is 4.79 Å². The third-order valence-electron chi connectivity index (χ3n) is 3.09. The van der Waals surface area contributed by atoms with E-state index in [-0.39, 0.29) is 6.10 Å². The van der Waals surface area contributed by atoms with E-state index in [4.69, 9.17) is 5.11 Å². The van der Waals surface area contributed by atoms with Crippen LogP contribution in [-0.2, 0) is 4.79 Å². The van der Waals surface area contributed by atoms with Gasteiger partial charge in [-0.1, -0.05) is 0 Å². The Morgan fingerprint density at radius 3 is 2.60 bits per heavy atom. The van der Waals surface area contributed by atoms with Crippen molar-refractivity contribution < 1.29 is 15.0 Å². The monoisotopic (exact) mass is 215 g/mol. The van der Waals surface area contributed by atoms with Crippen molar-refractivity contribution in [2.24, 2.45) is 11.3 Å². The number of carbonyl (C=O) groups is 1. The Kier molecular flexibility index (Phi) is 4.11. The summed E-state index contributed by atoms with van der Waals surface area (Å²) in [5.74, 6) is -0.272. The van der Waals surface area contributed by atoms with Gasteiger partial charge in [-0.15, -0.1) is 0 Å². The van der Waals surface area contributed by atoms with Crippen LogP contribution in [0.5, 0.6) is 0 Å². The summed E-state index contributed by atoms with van der Waals surface area (Å²) >= 11 is 0. The van der Waals surface area contributed by atoms with E-state index in [1.807, 2.05) is 0 Å². The summed E-state index contributed by atoms with van der Waals surface area (Å²) in [6, 6.07) is 0. The fourth-order valence-corrected chi connectivity index (χ4v) is 1.90. The molecule has 0 heterocycles. The second-order valence-corrected chi connectivity index (χ2v) is 5.15. The lowest BCUT2D eigenvalue weighted by atomic mass is 9.93. The highest BCUT2D eigenvalue weighted by Crippen LogP contribution is 2.24. The van der Waals surface area contributed by atoms with Gasteiger partial charge in [0.1, 0.15) is 0 Å². The van der Waals surface area contributed by atoms with Crippen molar-refractivity contribution >= 4 is 5.97 Å². The quantitative estimate of drug-likeness (QED) is 0.636. The molecule has 2 atom stereocenters. The van der Waals surface area contributed by atoms with Crippen LogP contribution in [0.4, 0.5) is 0 Å². The molecule has 1 saturated carbocycles. The van der Waals surface area contributed by atoms with Gasteiger partial charge in [0.15, 0.2) is 0 Å². The largest absolute Gasteiger partial charge is 0.481 e. The fraction of sp³-hybridized carbons (Fsp3) is 0.909. The second-order valence-electron chi connectivity index (χ2n) is 5.15. The van der Waals surface area contributed by atoms with Crippen molar-refractivity contribution in [1.82, 2.24) is 5.32 Å². The van der Waals surface area contributed by atoms with Gasteiger partial charge in [0, 0.05) is 6.54 Å². The first-order valence-corrected chi connectivity index (χ1v) is 5.54. The predicted molar refractivity (Wildman–Crippen MR) is 57.6 cm³/mol. The molecule has 4 heteroatoms. The molecule has 0 aromatic heterocycles. The van der Waals surface area contributed by atoms with Crippen LogP contribution in [0.25, 0.3) is 0 Å². The molecule has 1 rings (SSSR count). The molecule has 1 aliphatic carbocycles. The van der Waals surface area contributed by atoms with Crippen molar-refractivity contribution in [3.8, 4) is 0 Å². The zero-order chi connectivity index (χ0) is 11.5. The highest BCUT2D eigenvalue weighted by Gasteiger charge is 2.28. The Morgan fingerprint density at radius 1 is 1.47 bits per heavy atom. The Labute approximate surface area is 90.7 Å². The highest BCUT2D eigenvalue weighted by atomic mass is 16.4. The Morgan fingerprint density at radius 2 is 2.13 bits per heavy atom. The molecule has 0 radical (unpaired) electrons. The summed E-state index contributed by atoms with van der Waals surface area (Å²) in [5, 5.41) is 21.4. The normalized spacial score (nSPS) is 26.9. The van der Waals surface area contributed by atoms with E-state index in [2.05, 4.69) is 5.32 Å². The van der Waals surface area contributed by atoms with E-state index in [0.717, 1.165) is 25.8 Å². The summed E-state index contributed by atoms with van der Waals surface area (Å²) in [7, 11) is 0. The molecule has 0 aromatic rings. The molecule has 1 aliphatic rings. The number of carboxylic acid groups (broad SMARTS) is 1. The molecule has 0 saturated heterocycles. The van der Waals surface area contributed by atoms with E-state index >= 15 is 0 Å². The summed E-state index contributed by atoms with van der Waals surface area (Å²) in [6.07, 6.45) is 2.63. The first-order chi connectivity index (χ1) is 6.92. The van der Waals surface area contributed by atoms with Crippen LogP contribution in [0.15, 0.2) is 0 Å². The Bertz CT molecular complexity index is 228. The smallest absolute Gasteiger partial charge is 0.310 e. The standard InChI is InChI=1S/C11H21NO3/c1-11(2,10(14)15)7-12-6-8-3-4-9(13)5-8/h8-9,12-13H,3-7H2,1-2H3,(H,14,15). The minimum Gasteiger partial charge on any atom is -0.481 e. The van der Waals surface area contributed by atoms with Gasteiger partial charge in [0.25, 0.3) is 0 Å². The van der Waals surface area contributed by atoms with Gasteiger partial charge in [0.2, 0.25) is 0 Å². The number of nitrogens with one attached hydrogen (secondary N) is 1. The summed E-state index contributed by atoms with van der Waals surface area (Å²) in [4.78, 5) is 10.8. The molecular formula is C11H21NO3. The number of carboxylic acids is 1. The van der Waals surface area contributed by atoms with Crippen molar-refractivity contribution in [3.05, 3.63) is 0 Å². The number of aliphatic carboxylic acids is 1. The average Bonchev–Trinajstić information content (AvgIpc) is 2.51. The molecule has 0 aromatic carbocycles. The van der Waals surface area contributed by atoms with Crippen LogP contribution in [0.3, 0.4) is 0 Å². The van der Waals surface area contributed by atoms with Gasteiger partial charge in [-0.2, -0.15) is 0 Å². The number of hydrogen-bond acceptors (Lipinski definition) is 3. The van der Waals surface area contributed by atoms with E-state index in [1.165, 1.54) is 0 Å². The molecule has 88 valence electrons. The lowest BCUT2D eigenvalue weighted by Gasteiger charge is -2.21. The van der Waals surface area contributed by atoms with E-state index in [1.54, 1.807) is 13.8 Å². The van der Waals surface area contributed by atoms with Gasteiger partial charge >= 0.3 is 5.97 Å². The average molecular weight is 215 g/mol. The predicted octanol–water partition coefficient (Wildman–Crippen LogP) is 0.848. The zero-order valence-corrected chi connectivity index (χ0v) is 9.49. The van der Waals surface area contributed by atoms with Crippen molar-refractivity contribution in [2.75, 3.05) is 13.1 Å². The van der Waals surface area contributed by atoms with Crippen LogP contribution in [0.2, 0.25) is 0 Å². The molecule has 0 aliphatic heterocycles. The highest BCUT2D eigenvalue weighted by molar-refractivity contribution is 5.73. The molecule has 4 nitrogen and oxygen atoms in total. The summed E-state index contributed by atoms with van der Waals surface area (Å²) < 4.78 is 0. The third kappa shape index (κ3) is 3.80. The minimum atomic E-state index is -0.776. The summed E-state index contributed by atoms with van der Waals surface area (Å²) in [6.45, 7) is 4.72. The molecule has 1 fully saturated rings.